The van der Waals surface area contributed by atoms with E-state index >= 15 is 0 Å². The fraction of sp³-hybridized carbons (Fsp3) is 0.238. The van der Waals surface area contributed by atoms with Gasteiger partial charge in [-0.3, -0.25) is 9.69 Å². The number of amides is 1. The van der Waals surface area contributed by atoms with E-state index in [2.05, 4.69) is 0 Å². The predicted octanol–water partition coefficient (Wildman–Crippen LogP) is 4.21. The van der Waals surface area contributed by atoms with Gasteiger partial charge in [0, 0.05) is 6.42 Å². The zero-order chi connectivity index (χ0) is 17.4. The SMILES string of the molecule is CC1=CC(=O)C[C@H]1N1C(=O)O[C@@H](c2ccccc2)[C@H]1c1ccccc1. The summed E-state index contributed by atoms with van der Waals surface area (Å²) in [6.45, 7) is 1.90. The topological polar surface area (TPSA) is 46.6 Å². The minimum absolute atomic E-state index is 0.0604. The van der Waals surface area contributed by atoms with Crippen LogP contribution in [0.1, 0.15) is 36.6 Å². The van der Waals surface area contributed by atoms with Crippen molar-refractivity contribution in [1.29, 1.82) is 0 Å². The Hall–Kier alpha value is -2.88. The summed E-state index contributed by atoms with van der Waals surface area (Å²) in [5.74, 6) is 0.0604. The Labute approximate surface area is 146 Å². The molecule has 0 unspecified atom stereocenters. The number of allylic oxidation sites excluding steroid dienone is 1. The van der Waals surface area contributed by atoms with Crippen molar-refractivity contribution in [3.8, 4) is 0 Å². The van der Waals surface area contributed by atoms with E-state index in [0.29, 0.717) is 6.42 Å². The molecule has 2 aromatic rings. The molecule has 1 fully saturated rings. The zero-order valence-corrected chi connectivity index (χ0v) is 14.0. The molecule has 1 aliphatic carbocycles. The second-order valence-electron chi connectivity index (χ2n) is 6.55. The first-order chi connectivity index (χ1) is 12.1. The highest BCUT2D eigenvalue weighted by atomic mass is 16.6. The third-order valence-electron chi connectivity index (χ3n) is 4.94. The third kappa shape index (κ3) is 2.74. The van der Waals surface area contributed by atoms with Crippen LogP contribution < -0.4 is 0 Å². The zero-order valence-electron chi connectivity index (χ0n) is 14.0. The second kappa shape index (κ2) is 6.20. The van der Waals surface area contributed by atoms with Crippen LogP contribution in [-0.2, 0) is 9.53 Å². The van der Waals surface area contributed by atoms with Crippen molar-refractivity contribution in [2.24, 2.45) is 0 Å². The lowest BCUT2D eigenvalue weighted by atomic mass is 9.93. The van der Waals surface area contributed by atoms with Gasteiger partial charge in [0.2, 0.25) is 0 Å². The van der Waals surface area contributed by atoms with Gasteiger partial charge in [0.25, 0.3) is 0 Å². The van der Waals surface area contributed by atoms with E-state index in [1.165, 1.54) is 0 Å². The maximum Gasteiger partial charge on any atom is 0.411 e. The van der Waals surface area contributed by atoms with Crippen LogP contribution in [0.5, 0.6) is 0 Å². The van der Waals surface area contributed by atoms with Crippen LogP contribution in [0, 0.1) is 0 Å². The minimum Gasteiger partial charge on any atom is -0.439 e. The summed E-state index contributed by atoms with van der Waals surface area (Å²) in [6, 6.07) is 19.2. The summed E-state index contributed by atoms with van der Waals surface area (Å²) in [4.78, 5) is 26.4. The first-order valence-corrected chi connectivity index (χ1v) is 8.45. The number of ether oxygens (including phenoxy) is 1. The van der Waals surface area contributed by atoms with Gasteiger partial charge >= 0.3 is 6.09 Å². The van der Waals surface area contributed by atoms with Crippen molar-refractivity contribution in [2.75, 3.05) is 0 Å². The molecule has 126 valence electrons. The van der Waals surface area contributed by atoms with Gasteiger partial charge in [-0.05, 0) is 29.7 Å². The lowest BCUT2D eigenvalue weighted by Gasteiger charge is -2.30. The predicted molar refractivity (Wildman–Crippen MR) is 93.9 cm³/mol. The molecular formula is C21H19NO3. The Bertz CT molecular complexity index is 829. The molecule has 4 heteroatoms. The van der Waals surface area contributed by atoms with Gasteiger partial charge in [-0.2, -0.15) is 0 Å². The number of nitrogens with zero attached hydrogens (tertiary/aromatic N) is 1. The summed E-state index contributed by atoms with van der Waals surface area (Å²) in [7, 11) is 0. The van der Waals surface area contributed by atoms with Gasteiger partial charge in [0.05, 0.1) is 6.04 Å². The number of rotatable bonds is 3. The van der Waals surface area contributed by atoms with Gasteiger partial charge in [-0.1, -0.05) is 60.7 Å². The lowest BCUT2D eigenvalue weighted by molar-refractivity contribution is -0.114. The highest BCUT2D eigenvalue weighted by Gasteiger charge is 2.48. The molecule has 0 saturated carbocycles. The minimum atomic E-state index is -0.389. The molecule has 0 spiro atoms. The third-order valence-corrected chi connectivity index (χ3v) is 4.94. The number of cyclic esters (lactones) is 1. The van der Waals surface area contributed by atoms with Crippen molar-refractivity contribution in [3.05, 3.63) is 83.4 Å². The van der Waals surface area contributed by atoms with Crippen LogP contribution in [0.2, 0.25) is 0 Å². The Morgan fingerprint density at radius 2 is 1.52 bits per heavy atom. The Morgan fingerprint density at radius 3 is 2.08 bits per heavy atom. The van der Waals surface area contributed by atoms with E-state index in [0.717, 1.165) is 16.7 Å². The number of carbonyl (C=O) groups excluding carboxylic acids is 2. The molecule has 1 amide bonds. The van der Waals surface area contributed by atoms with Crippen LogP contribution in [0.3, 0.4) is 0 Å². The summed E-state index contributed by atoms with van der Waals surface area (Å²) in [6.07, 6.45) is 1.21. The average Bonchev–Trinajstić information content (AvgIpc) is 3.14. The standard InChI is InChI=1S/C21H19NO3/c1-14-12-17(23)13-18(14)22-19(15-8-4-2-5-9-15)20(25-21(22)24)16-10-6-3-7-11-16/h2-12,18-20H,13H2,1H3/t18-,19-,20+/m1/s1. The fourth-order valence-corrected chi connectivity index (χ4v) is 3.77. The highest BCUT2D eigenvalue weighted by Crippen LogP contribution is 2.46. The molecule has 4 nitrogen and oxygen atoms in total. The molecule has 0 radical (unpaired) electrons. The maximum atomic E-state index is 12.7. The van der Waals surface area contributed by atoms with E-state index in [-0.39, 0.29) is 30.1 Å². The number of carbonyl (C=O) groups is 2. The molecular weight excluding hydrogens is 314 g/mol. The Kier molecular flexibility index (Phi) is 3.88. The van der Waals surface area contributed by atoms with Gasteiger partial charge in [0.15, 0.2) is 11.9 Å². The van der Waals surface area contributed by atoms with Crippen molar-refractivity contribution < 1.29 is 14.3 Å². The van der Waals surface area contributed by atoms with Gasteiger partial charge in [-0.15, -0.1) is 0 Å². The van der Waals surface area contributed by atoms with Crippen molar-refractivity contribution >= 4 is 11.9 Å². The summed E-state index contributed by atoms with van der Waals surface area (Å²) in [5.41, 5.74) is 2.88. The van der Waals surface area contributed by atoms with Crippen LogP contribution in [0.25, 0.3) is 0 Å². The summed E-state index contributed by atoms with van der Waals surface area (Å²) < 4.78 is 5.77. The van der Waals surface area contributed by atoms with Crippen molar-refractivity contribution in [2.45, 2.75) is 31.5 Å². The average molecular weight is 333 g/mol. The highest BCUT2D eigenvalue weighted by molar-refractivity contribution is 5.94. The van der Waals surface area contributed by atoms with Crippen molar-refractivity contribution in [3.63, 3.8) is 0 Å². The number of hydrogen-bond acceptors (Lipinski definition) is 3. The first-order valence-electron chi connectivity index (χ1n) is 8.45. The van der Waals surface area contributed by atoms with E-state index in [9.17, 15) is 9.59 Å². The van der Waals surface area contributed by atoms with E-state index in [4.69, 9.17) is 4.74 Å². The Balaban J connectivity index is 1.79. The van der Waals surface area contributed by atoms with Crippen LogP contribution in [0.15, 0.2) is 72.3 Å². The Morgan fingerprint density at radius 1 is 0.920 bits per heavy atom. The number of ketones is 1. The largest absolute Gasteiger partial charge is 0.439 e. The number of benzene rings is 2. The lowest BCUT2D eigenvalue weighted by Crippen LogP contribution is -2.38. The maximum absolute atomic E-state index is 12.7. The molecule has 0 aromatic heterocycles. The quantitative estimate of drug-likeness (QED) is 0.845. The smallest absolute Gasteiger partial charge is 0.411 e. The molecule has 0 bridgehead atoms. The summed E-state index contributed by atoms with van der Waals surface area (Å²) >= 11 is 0. The van der Waals surface area contributed by atoms with E-state index < -0.39 is 0 Å². The first kappa shape index (κ1) is 15.6. The molecule has 4 rings (SSSR count). The van der Waals surface area contributed by atoms with Gasteiger partial charge in [0.1, 0.15) is 6.04 Å². The molecule has 1 aliphatic heterocycles. The van der Waals surface area contributed by atoms with E-state index in [1.54, 1.807) is 11.0 Å². The molecule has 1 heterocycles. The molecule has 1 saturated heterocycles. The van der Waals surface area contributed by atoms with Gasteiger partial charge < -0.3 is 4.74 Å². The van der Waals surface area contributed by atoms with Crippen LogP contribution in [-0.4, -0.2) is 22.8 Å². The van der Waals surface area contributed by atoms with Gasteiger partial charge in [-0.25, -0.2) is 4.79 Å². The number of hydrogen-bond donors (Lipinski definition) is 0. The summed E-state index contributed by atoms with van der Waals surface area (Å²) in [5, 5.41) is 0. The fourth-order valence-electron chi connectivity index (χ4n) is 3.77. The van der Waals surface area contributed by atoms with E-state index in [1.807, 2.05) is 67.6 Å². The normalized spacial score (nSPS) is 25.9. The molecule has 2 aliphatic rings. The second-order valence-corrected chi connectivity index (χ2v) is 6.55. The van der Waals surface area contributed by atoms with Crippen LogP contribution >= 0.6 is 0 Å². The van der Waals surface area contributed by atoms with Crippen molar-refractivity contribution in [1.82, 2.24) is 4.90 Å². The monoisotopic (exact) mass is 333 g/mol. The van der Waals surface area contributed by atoms with Crippen LogP contribution in [0.4, 0.5) is 4.79 Å². The molecule has 25 heavy (non-hydrogen) atoms. The molecule has 3 atom stereocenters. The molecule has 2 aromatic carbocycles. The molecule has 0 N–H and O–H groups in total.